The highest BCUT2D eigenvalue weighted by atomic mass is 16.5. The summed E-state index contributed by atoms with van der Waals surface area (Å²) in [6, 6.07) is 9.60. The molecule has 2 aromatic heterocycles. The van der Waals surface area contributed by atoms with Gasteiger partial charge < -0.3 is 19.2 Å². The van der Waals surface area contributed by atoms with Crippen molar-refractivity contribution in [2.24, 2.45) is 0 Å². The highest BCUT2D eigenvalue weighted by Gasteiger charge is 2.13. The van der Waals surface area contributed by atoms with E-state index in [0.717, 1.165) is 33.8 Å². The normalized spacial score (nSPS) is 10.1. The number of furan rings is 1. The fourth-order valence-electron chi connectivity index (χ4n) is 2.46. The number of nitrogens with zero attached hydrogens (tertiary/aromatic N) is 1. The number of hydrogen-bond donors (Lipinski definition) is 1. The first-order chi connectivity index (χ1) is 11.7. The van der Waals surface area contributed by atoms with Crippen LogP contribution in [0.25, 0.3) is 22.4 Å². The second-order valence-electron chi connectivity index (χ2n) is 4.94. The molecule has 0 aliphatic rings. The number of aromatic nitrogens is 1. The molecule has 2 heterocycles. The van der Waals surface area contributed by atoms with Crippen LogP contribution >= 0.6 is 0 Å². The third-order valence-corrected chi connectivity index (χ3v) is 3.58. The summed E-state index contributed by atoms with van der Waals surface area (Å²) >= 11 is 0. The van der Waals surface area contributed by atoms with E-state index in [-0.39, 0.29) is 0 Å². The van der Waals surface area contributed by atoms with Crippen LogP contribution < -0.4 is 14.8 Å². The van der Waals surface area contributed by atoms with Gasteiger partial charge in [-0.05, 0) is 31.2 Å². The molecule has 0 unspecified atom stereocenters. The predicted octanol–water partition coefficient (Wildman–Crippen LogP) is 4.89. The number of hydrogen-bond acceptors (Lipinski definition) is 5. The van der Waals surface area contributed by atoms with E-state index in [1.165, 1.54) is 0 Å². The molecule has 0 bridgehead atoms. The van der Waals surface area contributed by atoms with Gasteiger partial charge in [-0.1, -0.05) is 13.8 Å². The van der Waals surface area contributed by atoms with Crippen molar-refractivity contribution in [3.05, 3.63) is 36.1 Å². The number of ether oxygens (including phenoxy) is 2. The van der Waals surface area contributed by atoms with Crippen LogP contribution in [0.15, 0.2) is 34.7 Å². The van der Waals surface area contributed by atoms with Gasteiger partial charge in [0.05, 0.1) is 19.7 Å². The minimum atomic E-state index is 0.650. The van der Waals surface area contributed by atoms with Crippen molar-refractivity contribution < 1.29 is 13.9 Å². The van der Waals surface area contributed by atoms with Crippen molar-refractivity contribution in [3.63, 3.8) is 0 Å². The summed E-state index contributed by atoms with van der Waals surface area (Å²) in [5.74, 6) is 2.92. The molecular weight excluding hydrogens is 304 g/mol. The van der Waals surface area contributed by atoms with Crippen molar-refractivity contribution in [2.75, 3.05) is 26.6 Å². The summed E-state index contributed by atoms with van der Waals surface area (Å²) in [5.41, 5.74) is 2.54. The van der Waals surface area contributed by atoms with Gasteiger partial charge >= 0.3 is 0 Å². The smallest absolute Gasteiger partial charge is 0.162 e. The Morgan fingerprint density at radius 2 is 1.67 bits per heavy atom. The topological polar surface area (TPSA) is 56.5 Å². The molecule has 0 radical (unpaired) electrons. The second-order valence-corrected chi connectivity index (χ2v) is 4.94. The van der Waals surface area contributed by atoms with Gasteiger partial charge in [-0.25, -0.2) is 4.98 Å². The number of benzene rings is 1. The molecule has 3 rings (SSSR count). The molecule has 5 nitrogen and oxygen atoms in total. The maximum Gasteiger partial charge on any atom is 0.162 e. The Labute approximate surface area is 142 Å². The Morgan fingerprint density at radius 1 is 1.00 bits per heavy atom. The summed E-state index contributed by atoms with van der Waals surface area (Å²) in [6.07, 6.45) is 0. The van der Waals surface area contributed by atoms with E-state index in [1.807, 2.05) is 58.2 Å². The van der Waals surface area contributed by atoms with Crippen molar-refractivity contribution in [1.82, 2.24) is 4.98 Å². The molecule has 0 spiro atoms. The molecule has 0 aliphatic heterocycles. The van der Waals surface area contributed by atoms with Crippen LogP contribution in [0.1, 0.15) is 19.6 Å². The molecule has 0 aliphatic carbocycles. The summed E-state index contributed by atoms with van der Waals surface area (Å²) < 4.78 is 16.4. The van der Waals surface area contributed by atoms with Crippen LogP contribution in [0.5, 0.6) is 11.5 Å². The standard InChI is InChI=1S/C17H18N2O3.C2H6/c1-10-5-6-15(22-10)14-8-12(18-2)11-7-16(20-3)17(21-4)9-13(11)19-14;1-2/h5-9H,1-4H3,(H,18,19);1-2H3. The zero-order valence-corrected chi connectivity index (χ0v) is 15.1. The molecule has 24 heavy (non-hydrogen) atoms. The van der Waals surface area contributed by atoms with Crippen molar-refractivity contribution in [1.29, 1.82) is 0 Å². The molecule has 1 N–H and O–H groups in total. The Kier molecular flexibility index (Phi) is 5.68. The SMILES string of the molecule is CC.CNc1cc(-c2ccc(C)o2)nc2cc(OC)c(OC)cc12. The molecule has 5 heteroatoms. The molecule has 0 amide bonds. The lowest BCUT2D eigenvalue weighted by Crippen LogP contribution is -1.96. The number of methoxy groups -OCH3 is 2. The number of pyridine rings is 1. The van der Waals surface area contributed by atoms with Gasteiger partial charge in [-0.3, -0.25) is 0 Å². The molecule has 0 atom stereocenters. The average molecular weight is 328 g/mol. The van der Waals surface area contributed by atoms with Gasteiger partial charge in [0, 0.05) is 24.2 Å². The van der Waals surface area contributed by atoms with E-state index >= 15 is 0 Å². The second kappa shape index (κ2) is 7.73. The van der Waals surface area contributed by atoms with Crippen molar-refractivity contribution in [2.45, 2.75) is 20.8 Å². The Bertz CT molecular complexity index is 825. The molecule has 0 saturated carbocycles. The fraction of sp³-hybridized carbons (Fsp3) is 0.316. The van der Waals surface area contributed by atoms with Gasteiger partial charge in [0.25, 0.3) is 0 Å². The minimum absolute atomic E-state index is 0.650. The Morgan fingerprint density at radius 3 is 2.21 bits per heavy atom. The molecule has 128 valence electrons. The zero-order chi connectivity index (χ0) is 17.7. The minimum Gasteiger partial charge on any atom is -0.493 e. The van der Waals surface area contributed by atoms with Crippen LogP contribution in [0, 0.1) is 6.92 Å². The van der Waals surface area contributed by atoms with E-state index in [4.69, 9.17) is 13.9 Å². The average Bonchev–Trinajstić information content (AvgIpc) is 3.07. The molecule has 0 saturated heterocycles. The first-order valence-corrected chi connectivity index (χ1v) is 7.97. The third-order valence-electron chi connectivity index (χ3n) is 3.58. The maximum absolute atomic E-state index is 5.67. The maximum atomic E-state index is 5.67. The Hall–Kier alpha value is -2.69. The van der Waals surface area contributed by atoms with Gasteiger partial charge in [0.15, 0.2) is 17.3 Å². The van der Waals surface area contributed by atoms with E-state index in [9.17, 15) is 0 Å². The number of aryl methyl sites for hydroxylation is 1. The Balaban J connectivity index is 0.00000100. The third kappa shape index (κ3) is 3.30. The quantitative estimate of drug-likeness (QED) is 0.739. The van der Waals surface area contributed by atoms with Gasteiger partial charge in [-0.2, -0.15) is 0 Å². The predicted molar refractivity (Wildman–Crippen MR) is 98.2 cm³/mol. The fourth-order valence-corrected chi connectivity index (χ4v) is 2.46. The first kappa shape index (κ1) is 17.7. The lowest BCUT2D eigenvalue weighted by atomic mass is 10.1. The molecular formula is C19H24N2O3. The highest BCUT2D eigenvalue weighted by Crippen LogP contribution is 2.36. The highest BCUT2D eigenvalue weighted by molar-refractivity contribution is 5.95. The van der Waals surface area contributed by atoms with E-state index in [2.05, 4.69) is 10.3 Å². The largest absolute Gasteiger partial charge is 0.493 e. The number of anilines is 1. The summed E-state index contributed by atoms with van der Waals surface area (Å²) in [5, 5.41) is 4.16. The van der Waals surface area contributed by atoms with Crippen LogP contribution in [-0.2, 0) is 0 Å². The van der Waals surface area contributed by atoms with Crippen molar-refractivity contribution in [3.8, 4) is 23.0 Å². The van der Waals surface area contributed by atoms with Gasteiger partial charge in [0.1, 0.15) is 11.5 Å². The van der Waals surface area contributed by atoms with E-state index < -0.39 is 0 Å². The van der Waals surface area contributed by atoms with Crippen molar-refractivity contribution >= 4 is 16.6 Å². The zero-order valence-electron chi connectivity index (χ0n) is 15.1. The lowest BCUT2D eigenvalue weighted by Gasteiger charge is -2.12. The molecule has 3 aromatic rings. The van der Waals surface area contributed by atoms with Gasteiger partial charge in [0.2, 0.25) is 0 Å². The summed E-state index contributed by atoms with van der Waals surface area (Å²) in [6.45, 7) is 5.91. The van der Waals surface area contributed by atoms with E-state index in [0.29, 0.717) is 11.5 Å². The summed E-state index contributed by atoms with van der Waals surface area (Å²) in [7, 11) is 5.11. The first-order valence-electron chi connectivity index (χ1n) is 7.97. The molecule has 1 aromatic carbocycles. The van der Waals surface area contributed by atoms with Gasteiger partial charge in [-0.15, -0.1) is 0 Å². The van der Waals surface area contributed by atoms with Crippen LogP contribution in [-0.4, -0.2) is 26.3 Å². The molecule has 0 fully saturated rings. The van der Waals surface area contributed by atoms with E-state index in [1.54, 1.807) is 14.2 Å². The number of nitrogens with one attached hydrogen (secondary N) is 1. The summed E-state index contributed by atoms with van der Waals surface area (Å²) in [4.78, 5) is 4.68. The van der Waals surface area contributed by atoms with Crippen LogP contribution in [0.2, 0.25) is 0 Å². The number of fused-ring (bicyclic) bond motifs is 1. The number of rotatable bonds is 4. The lowest BCUT2D eigenvalue weighted by molar-refractivity contribution is 0.356. The monoisotopic (exact) mass is 328 g/mol. The van der Waals surface area contributed by atoms with Crippen LogP contribution in [0.3, 0.4) is 0 Å². The van der Waals surface area contributed by atoms with Crippen LogP contribution in [0.4, 0.5) is 5.69 Å².